The molecule has 1 atom stereocenters. The van der Waals surface area contributed by atoms with Gasteiger partial charge in [0, 0.05) is 12.2 Å². The highest BCUT2D eigenvalue weighted by Gasteiger charge is 2.32. The van der Waals surface area contributed by atoms with Gasteiger partial charge in [0.1, 0.15) is 5.75 Å². The number of carbonyl (C=O) groups excluding carboxylic acids is 1. The van der Waals surface area contributed by atoms with Crippen molar-refractivity contribution >= 4 is 11.6 Å². The molecule has 1 saturated heterocycles. The van der Waals surface area contributed by atoms with E-state index in [1.54, 1.807) is 7.11 Å². The first kappa shape index (κ1) is 12.9. The van der Waals surface area contributed by atoms with E-state index in [1.807, 2.05) is 36.9 Å². The third-order valence-electron chi connectivity index (χ3n) is 3.35. The Morgan fingerprint density at radius 2 is 2.28 bits per heavy atom. The van der Waals surface area contributed by atoms with Crippen LogP contribution in [-0.4, -0.2) is 32.1 Å². The highest BCUT2D eigenvalue weighted by Crippen LogP contribution is 2.28. The van der Waals surface area contributed by atoms with Gasteiger partial charge in [-0.3, -0.25) is 4.79 Å². The van der Waals surface area contributed by atoms with E-state index in [1.165, 1.54) is 0 Å². The molecule has 0 bridgehead atoms. The first-order chi connectivity index (χ1) is 8.67. The van der Waals surface area contributed by atoms with Crippen LogP contribution in [0.25, 0.3) is 0 Å². The number of rotatable bonds is 4. The molecule has 1 aliphatic rings. The highest BCUT2D eigenvalue weighted by molar-refractivity contribution is 6.00. The van der Waals surface area contributed by atoms with E-state index in [9.17, 15) is 4.79 Å². The van der Waals surface area contributed by atoms with E-state index < -0.39 is 0 Å². The fraction of sp³-hybridized carbons (Fsp3) is 0.500. The lowest BCUT2D eigenvalue weighted by Gasteiger charge is -2.19. The lowest BCUT2D eigenvalue weighted by molar-refractivity contribution is -0.118. The third kappa shape index (κ3) is 2.34. The molecule has 1 unspecified atom stereocenters. The molecule has 1 amide bonds. The molecule has 0 aliphatic carbocycles. The molecule has 1 aromatic carbocycles. The number of nitrogens with zero attached hydrogens (tertiary/aromatic N) is 1. The molecule has 1 aliphatic heterocycles. The average Bonchev–Trinajstić information content (AvgIpc) is 2.72. The summed E-state index contributed by atoms with van der Waals surface area (Å²) in [5.41, 5.74) is 2.06. The summed E-state index contributed by atoms with van der Waals surface area (Å²) < 4.78 is 5.18. The molecule has 0 radical (unpaired) electrons. The number of hydrogen-bond donors (Lipinski definition) is 1. The zero-order chi connectivity index (χ0) is 13.1. The lowest BCUT2D eigenvalue weighted by atomic mass is 10.1. The van der Waals surface area contributed by atoms with Crippen LogP contribution in [0, 0.1) is 6.92 Å². The van der Waals surface area contributed by atoms with Gasteiger partial charge in [-0.25, -0.2) is 0 Å². The molecule has 1 heterocycles. The number of anilines is 1. The predicted molar refractivity (Wildman–Crippen MR) is 72.2 cm³/mol. The molecule has 0 saturated carbocycles. The molecular weight excluding hydrogens is 228 g/mol. The number of nitrogens with one attached hydrogen (secondary N) is 1. The maximum absolute atomic E-state index is 12.2. The van der Waals surface area contributed by atoms with Crippen molar-refractivity contribution in [2.75, 3.05) is 25.1 Å². The van der Waals surface area contributed by atoms with E-state index in [4.69, 9.17) is 4.74 Å². The first-order valence-corrected chi connectivity index (χ1v) is 6.36. The van der Waals surface area contributed by atoms with Gasteiger partial charge in [-0.05, 0) is 43.7 Å². The Hall–Kier alpha value is -1.55. The van der Waals surface area contributed by atoms with Gasteiger partial charge >= 0.3 is 0 Å². The minimum absolute atomic E-state index is 0.0310. The Balaban J connectivity index is 2.20. The van der Waals surface area contributed by atoms with Crippen molar-refractivity contribution in [1.29, 1.82) is 0 Å². The summed E-state index contributed by atoms with van der Waals surface area (Å²) >= 11 is 0. The summed E-state index contributed by atoms with van der Waals surface area (Å²) in [6, 6.07) is 5.79. The van der Waals surface area contributed by atoms with Gasteiger partial charge in [0.2, 0.25) is 5.91 Å². The standard InChI is InChI=1S/C14H20N2O2/c1-4-15-12-7-8-16(14(12)17)13-6-5-11(18-3)9-10(13)2/h5-6,9,12,15H,4,7-8H2,1-3H3. The molecule has 0 spiro atoms. The van der Waals surface area contributed by atoms with Crippen LogP contribution in [0.2, 0.25) is 0 Å². The van der Waals surface area contributed by atoms with Crippen LogP contribution in [-0.2, 0) is 4.79 Å². The average molecular weight is 248 g/mol. The Kier molecular flexibility index (Phi) is 3.87. The molecule has 1 aromatic rings. The van der Waals surface area contributed by atoms with Crippen molar-refractivity contribution in [3.8, 4) is 5.75 Å². The van der Waals surface area contributed by atoms with Crippen molar-refractivity contribution in [3.63, 3.8) is 0 Å². The van der Waals surface area contributed by atoms with Gasteiger partial charge in [0.05, 0.1) is 13.2 Å². The largest absolute Gasteiger partial charge is 0.497 e. The molecule has 0 aromatic heterocycles. The minimum atomic E-state index is -0.0310. The zero-order valence-electron chi connectivity index (χ0n) is 11.2. The zero-order valence-corrected chi connectivity index (χ0v) is 11.2. The fourth-order valence-electron chi connectivity index (χ4n) is 2.41. The molecule has 4 nitrogen and oxygen atoms in total. The molecule has 98 valence electrons. The number of ether oxygens (including phenoxy) is 1. The van der Waals surface area contributed by atoms with Crippen LogP contribution in [0.4, 0.5) is 5.69 Å². The van der Waals surface area contributed by atoms with E-state index in [2.05, 4.69) is 5.32 Å². The molecule has 4 heteroatoms. The molecule has 2 rings (SSSR count). The molecular formula is C14H20N2O2. The molecule has 1 N–H and O–H groups in total. The van der Waals surface area contributed by atoms with Crippen molar-refractivity contribution in [1.82, 2.24) is 5.32 Å². The summed E-state index contributed by atoms with van der Waals surface area (Å²) in [5.74, 6) is 0.997. The molecule has 1 fully saturated rings. The quantitative estimate of drug-likeness (QED) is 0.882. The summed E-state index contributed by atoms with van der Waals surface area (Å²) in [4.78, 5) is 14.1. The van der Waals surface area contributed by atoms with Crippen molar-refractivity contribution in [2.45, 2.75) is 26.3 Å². The second-order valence-corrected chi connectivity index (χ2v) is 4.54. The van der Waals surface area contributed by atoms with E-state index in [0.717, 1.165) is 36.5 Å². The Labute approximate surface area is 108 Å². The molecule has 18 heavy (non-hydrogen) atoms. The second-order valence-electron chi connectivity index (χ2n) is 4.54. The van der Waals surface area contributed by atoms with E-state index in [0.29, 0.717) is 0 Å². The smallest absolute Gasteiger partial charge is 0.244 e. The van der Waals surface area contributed by atoms with Crippen molar-refractivity contribution < 1.29 is 9.53 Å². The third-order valence-corrected chi connectivity index (χ3v) is 3.35. The normalized spacial score (nSPS) is 19.4. The SMILES string of the molecule is CCNC1CCN(c2ccc(OC)cc2C)C1=O. The number of methoxy groups -OCH3 is 1. The maximum atomic E-state index is 12.2. The number of likely N-dealkylation sites (N-methyl/N-ethyl adjacent to an activating group) is 1. The number of carbonyl (C=O) groups is 1. The second kappa shape index (κ2) is 5.40. The van der Waals surface area contributed by atoms with Gasteiger partial charge in [-0.1, -0.05) is 6.92 Å². The number of amides is 1. The van der Waals surface area contributed by atoms with E-state index >= 15 is 0 Å². The summed E-state index contributed by atoms with van der Waals surface area (Å²) in [5, 5.41) is 3.22. The van der Waals surface area contributed by atoms with Crippen LogP contribution < -0.4 is 15.0 Å². The van der Waals surface area contributed by atoms with E-state index in [-0.39, 0.29) is 11.9 Å². The Morgan fingerprint density at radius 1 is 1.50 bits per heavy atom. The number of benzene rings is 1. The van der Waals surface area contributed by atoms with Gasteiger partial charge < -0.3 is 15.0 Å². The monoisotopic (exact) mass is 248 g/mol. The fourth-order valence-corrected chi connectivity index (χ4v) is 2.41. The van der Waals surface area contributed by atoms with Crippen LogP contribution in [0.1, 0.15) is 18.9 Å². The Bertz CT molecular complexity index is 445. The van der Waals surface area contributed by atoms with Gasteiger partial charge in [-0.2, -0.15) is 0 Å². The van der Waals surface area contributed by atoms with Crippen LogP contribution in [0.5, 0.6) is 5.75 Å². The first-order valence-electron chi connectivity index (χ1n) is 6.36. The number of aryl methyl sites for hydroxylation is 1. The predicted octanol–water partition coefficient (Wildman–Crippen LogP) is 1.72. The van der Waals surface area contributed by atoms with Gasteiger partial charge in [-0.15, -0.1) is 0 Å². The van der Waals surface area contributed by atoms with Gasteiger partial charge in [0.15, 0.2) is 0 Å². The van der Waals surface area contributed by atoms with Crippen LogP contribution in [0.15, 0.2) is 18.2 Å². The highest BCUT2D eigenvalue weighted by atomic mass is 16.5. The lowest BCUT2D eigenvalue weighted by Crippen LogP contribution is -2.38. The van der Waals surface area contributed by atoms with Crippen LogP contribution in [0.3, 0.4) is 0 Å². The summed E-state index contributed by atoms with van der Waals surface area (Å²) in [6.45, 7) is 5.63. The Morgan fingerprint density at radius 3 is 2.89 bits per heavy atom. The van der Waals surface area contributed by atoms with Crippen molar-refractivity contribution in [2.24, 2.45) is 0 Å². The minimum Gasteiger partial charge on any atom is -0.497 e. The number of hydrogen-bond acceptors (Lipinski definition) is 3. The van der Waals surface area contributed by atoms with Crippen LogP contribution >= 0.6 is 0 Å². The summed E-state index contributed by atoms with van der Waals surface area (Å²) in [6.07, 6.45) is 0.873. The topological polar surface area (TPSA) is 41.6 Å². The van der Waals surface area contributed by atoms with Gasteiger partial charge in [0.25, 0.3) is 0 Å². The summed E-state index contributed by atoms with van der Waals surface area (Å²) in [7, 11) is 1.65. The maximum Gasteiger partial charge on any atom is 0.244 e. The van der Waals surface area contributed by atoms with Crippen molar-refractivity contribution in [3.05, 3.63) is 23.8 Å².